The highest BCUT2D eigenvalue weighted by Crippen LogP contribution is 2.18. The van der Waals surface area contributed by atoms with Crippen LogP contribution in [0.1, 0.15) is 16.7 Å². The fraction of sp³-hybridized carbons (Fsp3) is 0.250. The van der Waals surface area contributed by atoms with Gasteiger partial charge in [0.2, 0.25) is 10.0 Å². The highest BCUT2D eigenvalue weighted by atomic mass is 32.2. The number of aryl methyl sites for hydroxylation is 2. The quantitative estimate of drug-likeness (QED) is 0.893. The van der Waals surface area contributed by atoms with Gasteiger partial charge < -0.3 is 5.32 Å². The van der Waals surface area contributed by atoms with Gasteiger partial charge in [0.05, 0.1) is 4.90 Å². The van der Waals surface area contributed by atoms with E-state index in [1.807, 2.05) is 12.1 Å². The number of anilines is 1. The van der Waals surface area contributed by atoms with Crippen molar-refractivity contribution in [3.8, 4) is 0 Å². The van der Waals surface area contributed by atoms with Gasteiger partial charge in [-0.3, -0.25) is 0 Å². The van der Waals surface area contributed by atoms with Gasteiger partial charge in [0.1, 0.15) is 0 Å². The molecule has 2 aromatic rings. The van der Waals surface area contributed by atoms with E-state index < -0.39 is 10.0 Å². The molecule has 2 N–H and O–H groups in total. The fourth-order valence-corrected chi connectivity index (χ4v) is 2.98. The SMILES string of the molecule is CNS(=O)(=O)c1cccc(NCc2c(C)cccc2C)c1. The molecule has 21 heavy (non-hydrogen) atoms. The van der Waals surface area contributed by atoms with Gasteiger partial charge in [0.15, 0.2) is 0 Å². The molecule has 0 saturated carbocycles. The molecule has 0 fully saturated rings. The molecule has 0 atom stereocenters. The molecule has 0 aliphatic heterocycles. The minimum Gasteiger partial charge on any atom is -0.381 e. The Morgan fingerprint density at radius 2 is 1.62 bits per heavy atom. The molecule has 2 aromatic carbocycles. The second-order valence-electron chi connectivity index (χ2n) is 4.96. The van der Waals surface area contributed by atoms with Gasteiger partial charge in [-0.1, -0.05) is 24.3 Å². The number of sulfonamides is 1. The van der Waals surface area contributed by atoms with Crippen molar-refractivity contribution >= 4 is 15.7 Å². The molecule has 0 aromatic heterocycles. The van der Waals surface area contributed by atoms with Crippen LogP contribution in [0, 0.1) is 13.8 Å². The van der Waals surface area contributed by atoms with Crippen LogP contribution in [-0.4, -0.2) is 15.5 Å². The molecule has 112 valence electrons. The van der Waals surface area contributed by atoms with Crippen LogP contribution < -0.4 is 10.0 Å². The van der Waals surface area contributed by atoms with E-state index in [1.54, 1.807) is 18.2 Å². The molecule has 0 amide bonds. The predicted octanol–water partition coefficient (Wildman–Crippen LogP) is 2.82. The van der Waals surface area contributed by atoms with Gasteiger partial charge in [-0.25, -0.2) is 13.1 Å². The van der Waals surface area contributed by atoms with Crippen molar-refractivity contribution in [3.63, 3.8) is 0 Å². The standard InChI is InChI=1S/C16H20N2O2S/c1-12-6-4-7-13(2)16(12)11-18-14-8-5-9-15(10-14)21(19,20)17-3/h4-10,17-18H,11H2,1-3H3. The second kappa shape index (κ2) is 6.28. The lowest BCUT2D eigenvalue weighted by molar-refractivity contribution is 0.588. The Morgan fingerprint density at radius 1 is 1.00 bits per heavy atom. The summed E-state index contributed by atoms with van der Waals surface area (Å²) in [6.45, 7) is 4.82. The summed E-state index contributed by atoms with van der Waals surface area (Å²) in [6.07, 6.45) is 0. The van der Waals surface area contributed by atoms with Crippen LogP contribution in [-0.2, 0) is 16.6 Å². The molecule has 0 aliphatic carbocycles. The Hall–Kier alpha value is -1.85. The molecule has 0 radical (unpaired) electrons. The Morgan fingerprint density at radius 3 is 2.24 bits per heavy atom. The van der Waals surface area contributed by atoms with Crippen LogP contribution in [0.25, 0.3) is 0 Å². The van der Waals surface area contributed by atoms with Crippen molar-refractivity contribution < 1.29 is 8.42 Å². The van der Waals surface area contributed by atoms with Crippen LogP contribution in [0.5, 0.6) is 0 Å². The lowest BCUT2D eigenvalue weighted by Gasteiger charge is -2.12. The number of hydrogen-bond acceptors (Lipinski definition) is 3. The van der Waals surface area contributed by atoms with E-state index in [9.17, 15) is 8.42 Å². The van der Waals surface area contributed by atoms with Crippen LogP contribution in [0.3, 0.4) is 0 Å². The molecular formula is C16H20N2O2S. The summed E-state index contributed by atoms with van der Waals surface area (Å²) in [5, 5.41) is 3.29. The molecule has 2 rings (SSSR count). The number of nitrogens with one attached hydrogen (secondary N) is 2. The van der Waals surface area contributed by atoms with Gasteiger partial charge in [0.25, 0.3) is 0 Å². The Balaban J connectivity index is 2.20. The third-order valence-corrected chi connectivity index (χ3v) is 4.94. The third kappa shape index (κ3) is 3.62. The largest absolute Gasteiger partial charge is 0.381 e. The third-order valence-electron chi connectivity index (χ3n) is 3.53. The summed E-state index contributed by atoms with van der Waals surface area (Å²) in [5.41, 5.74) is 4.47. The Bertz CT molecular complexity index is 719. The lowest BCUT2D eigenvalue weighted by atomic mass is 10.0. The van der Waals surface area contributed by atoms with Crippen molar-refractivity contribution in [2.24, 2.45) is 0 Å². The van der Waals surface area contributed by atoms with Crippen LogP contribution in [0.2, 0.25) is 0 Å². The van der Waals surface area contributed by atoms with E-state index in [0.717, 1.165) is 5.69 Å². The monoisotopic (exact) mass is 304 g/mol. The molecule has 5 heteroatoms. The van der Waals surface area contributed by atoms with Gasteiger partial charge in [-0.15, -0.1) is 0 Å². The highest BCUT2D eigenvalue weighted by molar-refractivity contribution is 7.89. The molecule has 0 saturated heterocycles. The topological polar surface area (TPSA) is 58.2 Å². The maximum atomic E-state index is 11.8. The average Bonchev–Trinajstić information content (AvgIpc) is 2.47. The zero-order valence-electron chi connectivity index (χ0n) is 12.5. The van der Waals surface area contributed by atoms with E-state index >= 15 is 0 Å². The summed E-state index contributed by atoms with van der Waals surface area (Å²) >= 11 is 0. The fourth-order valence-electron chi connectivity index (χ4n) is 2.21. The smallest absolute Gasteiger partial charge is 0.240 e. The van der Waals surface area contributed by atoms with Gasteiger partial charge in [0, 0.05) is 12.2 Å². The normalized spacial score (nSPS) is 11.4. The first-order chi connectivity index (χ1) is 9.94. The average molecular weight is 304 g/mol. The first kappa shape index (κ1) is 15.5. The van der Waals surface area contributed by atoms with Gasteiger partial charge >= 0.3 is 0 Å². The van der Waals surface area contributed by atoms with Crippen LogP contribution in [0.15, 0.2) is 47.4 Å². The number of benzene rings is 2. The van der Waals surface area contributed by atoms with E-state index in [0.29, 0.717) is 6.54 Å². The van der Waals surface area contributed by atoms with E-state index in [2.05, 4.69) is 36.0 Å². The molecule has 0 spiro atoms. The first-order valence-electron chi connectivity index (χ1n) is 6.76. The van der Waals surface area contributed by atoms with Gasteiger partial charge in [-0.05, 0) is 55.8 Å². The van der Waals surface area contributed by atoms with E-state index in [1.165, 1.54) is 23.7 Å². The Labute approximate surface area is 126 Å². The maximum absolute atomic E-state index is 11.8. The minimum absolute atomic E-state index is 0.261. The Kier molecular flexibility index (Phi) is 4.65. The zero-order valence-corrected chi connectivity index (χ0v) is 13.3. The first-order valence-corrected chi connectivity index (χ1v) is 8.25. The summed E-state index contributed by atoms with van der Waals surface area (Å²) in [6, 6.07) is 13.0. The van der Waals surface area contributed by atoms with Crippen LogP contribution in [0.4, 0.5) is 5.69 Å². The summed E-state index contributed by atoms with van der Waals surface area (Å²) in [4.78, 5) is 0.261. The van der Waals surface area contributed by atoms with Crippen LogP contribution >= 0.6 is 0 Å². The summed E-state index contributed by atoms with van der Waals surface area (Å²) in [5.74, 6) is 0. The van der Waals surface area contributed by atoms with Crippen molar-refractivity contribution in [3.05, 3.63) is 59.2 Å². The van der Waals surface area contributed by atoms with Gasteiger partial charge in [-0.2, -0.15) is 0 Å². The predicted molar refractivity (Wildman–Crippen MR) is 85.9 cm³/mol. The summed E-state index contributed by atoms with van der Waals surface area (Å²) < 4.78 is 25.9. The molecule has 4 nitrogen and oxygen atoms in total. The molecule has 0 heterocycles. The summed E-state index contributed by atoms with van der Waals surface area (Å²) in [7, 11) is -2.00. The molecule has 0 aliphatic rings. The van der Waals surface area contributed by atoms with Crippen molar-refractivity contribution in [1.82, 2.24) is 4.72 Å². The number of rotatable bonds is 5. The second-order valence-corrected chi connectivity index (χ2v) is 6.85. The van der Waals surface area contributed by atoms with E-state index in [4.69, 9.17) is 0 Å². The zero-order chi connectivity index (χ0) is 15.5. The molecule has 0 bridgehead atoms. The van der Waals surface area contributed by atoms with Crippen molar-refractivity contribution in [1.29, 1.82) is 0 Å². The van der Waals surface area contributed by atoms with Crippen molar-refractivity contribution in [2.45, 2.75) is 25.3 Å². The van der Waals surface area contributed by atoms with E-state index in [-0.39, 0.29) is 4.90 Å². The maximum Gasteiger partial charge on any atom is 0.240 e. The number of hydrogen-bond donors (Lipinski definition) is 2. The lowest BCUT2D eigenvalue weighted by Crippen LogP contribution is -2.18. The van der Waals surface area contributed by atoms with Crippen molar-refractivity contribution in [2.75, 3.05) is 12.4 Å². The molecular weight excluding hydrogens is 284 g/mol. The highest BCUT2D eigenvalue weighted by Gasteiger charge is 2.11. The minimum atomic E-state index is -3.41. The molecule has 0 unspecified atom stereocenters.